The monoisotopic (exact) mass is 444 g/mol. The molecule has 31 heavy (non-hydrogen) atoms. The van der Waals surface area contributed by atoms with Crippen molar-refractivity contribution in [3.05, 3.63) is 42.5 Å². The molecule has 0 aliphatic carbocycles. The van der Waals surface area contributed by atoms with Crippen LogP contribution in [0.4, 0.5) is 5.88 Å². The molecule has 0 saturated heterocycles. The first-order chi connectivity index (χ1) is 14.9. The van der Waals surface area contributed by atoms with Crippen molar-refractivity contribution in [3.63, 3.8) is 0 Å². The van der Waals surface area contributed by atoms with Crippen LogP contribution in [0.1, 0.15) is 13.8 Å². The van der Waals surface area contributed by atoms with Crippen molar-refractivity contribution >= 4 is 15.7 Å². The number of rotatable bonds is 7. The van der Waals surface area contributed by atoms with Crippen LogP contribution in [-0.2, 0) is 9.84 Å². The number of aromatic nitrogens is 1. The van der Waals surface area contributed by atoms with Gasteiger partial charge in [0.25, 0.3) is 0 Å². The maximum atomic E-state index is 13.5. The maximum Gasteiger partial charge on any atom is 0.233 e. The number of nitrogens with zero attached hydrogens (tertiary/aromatic N) is 1. The van der Waals surface area contributed by atoms with Crippen LogP contribution in [0.15, 0.2) is 56.8 Å². The van der Waals surface area contributed by atoms with E-state index in [-0.39, 0.29) is 27.6 Å². The highest BCUT2D eigenvalue weighted by Gasteiger charge is 2.30. The Bertz CT molecular complexity index is 1170. The van der Waals surface area contributed by atoms with Gasteiger partial charge in [-0.1, -0.05) is 13.8 Å². The summed E-state index contributed by atoms with van der Waals surface area (Å²) in [7, 11) is -2.40. The van der Waals surface area contributed by atoms with Crippen molar-refractivity contribution in [2.45, 2.75) is 23.8 Å². The lowest BCUT2D eigenvalue weighted by molar-refractivity contribution is 0.171. The summed E-state index contributed by atoms with van der Waals surface area (Å²) in [5, 5.41) is 2.90. The first-order valence-corrected chi connectivity index (χ1v) is 11.4. The number of nitrogens with one attached hydrogen (secondary N) is 1. The number of hydrogen-bond acceptors (Lipinski definition) is 8. The molecule has 0 fully saturated rings. The number of ether oxygens (including phenoxy) is 3. The molecule has 164 valence electrons. The van der Waals surface area contributed by atoms with Crippen molar-refractivity contribution in [2.75, 3.05) is 32.2 Å². The van der Waals surface area contributed by atoms with Crippen LogP contribution in [0.25, 0.3) is 11.5 Å². The minimum atomic E-state index is -3.98. The molecule has 2 heterocycles. The number of oxazole rings is 1. The number of hydrogen-bond donors (Lipinski definition) is 1. The molecular formula is C22H24N2O6S. The molecule has 1 aliphatic rings. The van der Waals surface area contributed by atoms with E-state index in [0.717, 1.165) is 0 Å². The summed E-state index contributed by atoms with van der Waals surface area (Å²) in [5.41, 5.74) is 0.636. The molecule has 0 bridgehead atoms. The molecule has 0 unspecified atom stereocenters. The second-order valence-electron chi connectivity index (χ2n) is 7.47. The first-order valence-electron chi connectivity index (χ1n) is 9.92. The molecule has 4 rings (SSSR count). The lowest BCUT2D eigenvalue weighted by atomic mass is 10.2. The van der Waals surface area contributed by atoms with Gasteiger partial charge in [-0.25, -0.2) is 8.42 Å². The van der Waals surface area contributed by atoms with Crippen molar-refractivity contribution < 1.29 is 27.0 Å². The van der Waals surface area contributed by atoms with Gasteiger partial charge in [-0.15, -0.1) is 0 Å². The number of benzene rings is 2. The van der Waals surface area contributed by atoms with Gasteiger partial charge in [-0.3, -0.25) is 0 Å². The van der Waals surface area contributed by atoms with Crippen LogP contribution in [0, 0.1) is 5.92 Å². The van der Waals surface area contributed by atoms with Crippen molar-refractivity contribution in [2.24, 2.45) is 5.92 Å². The minimum absolute atomic E-state index is 0.0546. The summed E-state index contributed by atoms with van der Waals surface area (Å²) >= 11 is 0. The third kappa shape index (κ3) is 4.32. The molecular weight excluding hydrogens is 420 g/mol. The summed E-state index contributed by atoms with van der Waals surface area (Å²) in [6.45, 7) is 5.35. The van der Waals surface area contributed by atoms with E-state index in [1.165, 1.54) is 12.1 Å². The van der Waals surface area contributed by atoms with E-state index in [2.05, 4.69) is 10.3 Å². The molecule has 8 nitrogen and oxygen atoms in total. The normalized spacial score (nSPS) is 13.3. The van der Waals surface area contributed by atoms with E-state index in [4.69, 9.17) is 18.6 Å². The zero-order valence-electron chi connectivity index (χ0n) is 17.5. The van der Waals surface area contributed by atoms with Gasteiger partial charge in [0.2, 0.25) is 26.6 Å². The first kappa shape index (κ1) is 21.0. The molecule has 0 radical (unpaired) electrons. The highest BCUT2D eigenvalue weighted by Crippen LogP contribution is 2.37. The quantitative estimate of drug-likeness (QED) is 0.583. The summed E-state index contributed by atoms with van der Waals surface area (Å²) in [5.74, 6) is 2.17. The Kier molecular flexibility index (Phi) is 5.77. The van der Waals surface area contributed by atoms with Gasteiger partial charge in [-0.05, 0) is 42.3 Å². The highest BCUT2D eigenvalue weighted by atomic mass is 32.2. The fourth-order valence-electron chi connectivity index (χ4n) is 3.06. The number of methoxy groups -OCH3 is 1. The van der Waals surface area contributed by atoms with Gasteiger partial charge >= 0.3 is 0 Å². The van der Waals surface area contributed by atoms with Gasteiger partial charge in [0.05, 0.1) is 12.0 Å². The summed E-state index contributed by atoms with van der Waals surface area (Å²) in [6.07, 6.45) is 0. The summed E-state index contributed by atoms with van der Waals surface area (Å²) in [4.78, 5) is 4.40. The molecule has 0 atom stereocenters. The average Bonchev–Trinajstić information content (AvgIpc) is 3.22. The lowest BCUT2D eigenvalue weighted by Crippen LogP contribution is -2.16. The van der Waals surface area contributed by atoms with Gasteiger partial charge in [0.15, 0.2) is 11.5 Å². The molecule has 1 N–H and O–H groups in total. The lowest BCUT2D eigenvalue weighted by Gasteiger charge is -2.18. The molecule has 0 amide bonds. The minimum Gasteiger partial charge on any atom is -0.497 e. The van der Waals surface area contributed by atoms with Crippen molar-refractivity contribution in [3.8, 4) is 28.7 Å². The van der Waals surface area contributed by atoms with Crippen molar-refractivity contribution in [1.82, 2.24) is 4.98 Å². The van der Waals surface area contributed by atoms with Gasteiger partial charge in [-0.2, -0.15) is 4.98 Å². The van der Waals surface area contributed by atoms with Gasteiger partial charge in [0, 0.05) is 18.2 Å². The maximum absolute atomic E-state index is 13.5. The molecule has 0 saturated carbocycles. The standard InChI is InChI=1S/C22H24N2O6S/c1-14(2)13-23-21-22(24-20(30-21)15-4-6-16(27-3)7-5-15)31(25,26)17-8-9-18-19(12-17)29-11-10-28-18/h4-9,12,14,23H,10-11,13H2,1-3H3. The SMILES string of the molecule is COc1ccc(-c2nc(S(=O)(=O)c3ccc4c(c3)OCCO4)c(NCC(C)C)o2)cc1. The van der Waals surface area contributed by atoms with E-state index in [9.17, 15) is 8.42 Å². The molecule has 2 aromatic carbocycles. The number of anilines is 1. The predicted octanol–water partition coefficient (Wildman–Crippen LogP) is 4.02. The molecule has 9 heteroatoms. The van der Waals surface area contributed by atoms with E-state index >= 15 is 0 Å². The van der Waals surface area contributed by atoms with Crippen LogP contribution in [-0.4, -0.2) is 40.3 Å². The Morgan fingerprint density at radius 3 is 2.45 bits per heavy atom. The van der Waals surface area contributed by atoms with Crippen LogP contribution in [0.3, 0.4) is 0 Å². The number of fused-ring (bicyclic) bond motifs is 1. The summed E-state index contributed by atoms with van der Waals surface area (Å²) < 4.78 is 49.0. The van der Waals surface area contributed by atoms with Crippen molar-refractivity contribution in [1.29, 1.82) is 0 Å². The fraction of sp³-hybridized carbons (Fsp3) is 0.318. The largest absolute Gasteiger partial charge is 0.497 e. The molecule has 1 aliphatic heterocycles. The predicted molar refractivity (Wildman–Crippen MR) is 115 cm³/mol. The third-order valence-corrected chi connectivity index (χ3v) is 6.34. The molecule has 0 spiro atoms. The number of sulfone groups is 1. The van der Waals surface area contributed by atoms with E-state index in [1.54, 1.807) is 37.4 Å². The second kappa shape index (κ2) is 8.50. The summed E-state index contributed by atoms with van der Waals surface area (Å²) in [6, 6.07) is 11.6. The zero-order valence-corrected chi connectivity index (χ0v) is 18.4. The van der Waals surface area contributed by atoms with E-state index in [0.29, 0.717) is 42.6 Å². The van der Waals surface area contributed by atoms with Crippen LogP contribution < -0.4 is 19.5 Å². The molecule has 1 aromatic heterocycles. The van der Waals surface area contributed by atoms with E-state index < -0.39 is 9.84 Å². The van der Waals surface area contributed by atoms with Gasteiger partial charge < -0.3 is 23.9 Å². The van der Waals surface area contributed by atoms with E-state index in [1.807, 2.05) is 13.8 Å². The second-order valence-corrected chi connectivity index (χ2v) is 9.33. The van der Waals surface area contributed by atoms with Crippen LogP contribution >= 0.6 is 0 Å². The van der Waals surface area contributed by atoms with Gasteiger partial charge in [0.1, 0.15) is 19.0 Å². The topological polar surface area (TPSA) is 99.9 Å². The van der Waals surface area contributed by atoms with Crippen LogP contribution in [0.5, 0.6) is 17.2 Å². The third-order valence-electron chi connectivity index (χ3n) is 4.68. The Hall–Kier alpha value is -3.20. The van der Waals surface area contributed by atoms with Crippen LogP contribution in [0.2, 0.25) is 0 Å². The smallest absolute Gasteiger partial charge is 0.233 e. The Balaban J connectivity index is 1.76. The zero-order chi connectivity index (χ0) is 22.0. The Labute approximate surface area is 181 Å². The Morgan fingerprint density at radius 2 is 1.77 bits per heavy atom. The Morgan fingerprint density at radius 1 is 1.06 bits per heavy atom. The molecule has 3 aromatic rings. The highest BCUT2D eigenvalue weighted by molar-refractivity contribution is 7.91. The fourth-order valence-corrected chi connectivity index (χ4v) is 4.35. The average molecular weight is 445 g/mol.